The first-order chi connectivity index (χ1) is 13.3. The third kappa shape index (κ3) is 4.37. The minimum absolute atomic E-state index is 0.0182. The van der Waals surface area contributed by atoms with Gasteiger partial charge in [0.05, 0.1) is 24.9 Å². The molecule has 0 heterocycles. The molecule has 0 aromatic heterocycles. The van der Waals surface area contributed by atoms with Crippen LogP contribution in [0.5, 0.6) is 17.2 Å². The summed E-state index contributed by atoms with van der Waals surface area (Å²) in [5.74, 6) is -2.41. The summed E-state index contributed by atoms with van der Waals surface area (Å²) in [5.41, 5.74) is 0.631. The van der Waals surface area contributed by atoms with Crippen LogP contribution in [-0.2, 0) is 4.79 Å². The lowest BCUT2D eigenvalue weighted by molar-refractivity contribution is -0.139. The van der Waals surface area contributed by atoms with E-state index in [2.05, 4.69) is 0 Å². The molecule has 0 saturated heterocycles. The van der Waals surface area contributed by atoms with Crippen LogP contribution in [0.1, 0.15) is 38.8 Å². The number of aliphatic carboxylic acids is 1. The fourth-order valence-corrected chi connectivity index (χ4v) is 2.54. The molecule has 2 aromatic carbocycles. The number of carboxylic acid groups (broad SMARTS) is 1. The lowest BCUT2D eigenvalue weighted by Crippen LogP contribution is -2.09. The second-order valence-electron chi connectivity index (χ2n) is 6.10. The van der Waals surface area contributed by atoms with Gasteiger partial charge < -0.3 is 19.7 Å². The number of carbonyl (C=O) groups excluding carboxylic acids is 2. The van der Waals surface area contributed by atoms with Gasteiger partial charge in [-0.05, 0) is 43.7 Å². The molecule has 0 amide bonds. The van der Waals surface area contributed by atoms with E-state index in [9.17, 15) is 19.5 Å². The first-order valence-electron chi connectivity index (χ1n) is 8.36. The molecule has 0 aliphatic heterocycles. The lowest BCUT2D eigenvalue weighted by atomic mass is 9.96. The summed E-state index contributed by atoms with van der Waals surface area (Å²) in [6.45, 7) is 3.21. The highest BCUT2D eigenvalue weighted by Crippen LogP contribution is 2.33. The first-order valence-corrected chi connectivity index (χ1v) is 8.36. The molecule has 2 aromatic rings. The predicted octanol–water partition coefficient (Wildman–Crippen LogP) is 3.37. The summed E-state index contributed by atoms with van der Waals surface area (Å²) in [4.78, 5) is 35.5. The maximum atomic E-state index is 13.0. The minimum Gasteiger partial charge on any atom is -0.507 e. The number of aromatic hydroxyl groups is 1. The SMILES string of the molecule is COc1cc(C)cc(O)c1C(=O)c1cccc(OC=CC(C)C(=O)O)c1C=O. The van der Waals surface area contributed by atoms with Crippen LogP contribution in [-0.4, -0.2) is 35.4 Å². The molecule has 7 heteroatoms. The van der Waals surface area contributed by atoms with Gasteiger partial charge in [-0.1, -0.05) is 12.1 Å². The highest BCUT2D eigenvalue weighted by molar-refractivity contribution is 6.16. The minimum atomic E-state index is -1.03. The van der Waals surface area contributed by atoms with E-state index in [0.717, 1.165) is 6.26 Å². The molecule has 0 radical (unpaired) electrons. The number of hydrogen-bond acceptors (Lipinski definition) is 6. The third-order valence-electron chi connectivity index (χ3n) is 4.05. The van der Waals surface area contributed by atoms with Crippen molar-refractivity contribution in [2.45, 2.75) is 13.8 Å². The topological polar surface area (TPSA) is 110 Å². The van der Waals surface area contributed by atoms with Crippen molar-refractivity contribution < 1.29 is 34.1 Å². The smallest absolute Gasteiger partial charge is 0.310 e. The summed E-state index contributed by atoms with van der Waals surface area (Å²) in [6, 6.07) is 7.45. The zero-order chi connectivity index (χ0) is 20.8. The van der Waals surface area contributed by atoms with E-state index in [1.807, 2.05) is 0 Å². The Labute approximate surface area is 161 Å². The highest BCUT2D eigenvalue weighted by Gasteiger charge is 2.23. The Bertz CT molecular complexity index is 944. The Hall–Kier alpha value is -3.61. The van der Waals surface area contributed by atoms with Crippen LogP contribution in [0.4, 0.5) is 0 Å². The summed E-state index contributed by atoms with van der Waals surface area (Å²) < 4.78 is 10.6. The fourth-order valence-electron chi connectivity index (χ4n) is 2.54. The van der Waals surface area contributed by atoms with Crippen LogP contribution in [0.2, 0.25) is 0 Å². The Morgan fingerprint density at radius 3 is 2.50 bits per heavy atom. The van der Waals surface area contributed by atoms with Crippen molar-refractivity contribution in [2.75, 3.05) is 7.11 Å². The quantitative estimate of drug-likeness (QED) is 0.408. The van der Waals surface area contributed by atoms with Crippen LogP contribution in [0.15, 0.2) is 42.7 Å². The van der Waals surface area contributed by atoms with E-state index in [1.165, 1.54) is 44.4 Å². The first kappa shape index (κ1) is 20.7. The fraction of sp³-hybridized carbons (Fsp3) is 0.190. The second kappa shape index (κ2) is 8.85. The number of phenolic OH excluding ortho intramolecular Hbond substituents is 1. The second-order valence-corrected chi connectivity index (χ2v) is 6.10. The number of carbonyl (C=O) groups is 3. The zero-order valence-electron chi connectivity index (χ0n) is 15.6. The van der Waals surface area contributed by atoms with E-state index in [4.69, 9.17) is 14.6 Å². The van der Waals surface area contributed by atoms with Gasteiger partial charge in [0.2, 0.25) is 5.78 Å². The van der Waals surface area contributed by atoms with Crippen LogP contribution in [0.3, 0.4) is 0 Å². The normalized spacial score (nSPS) is 11.8. The van der Waals surface area contributed by atoms with E-state index in [-0.39, 0.29) is 33.9 Å². The highest BCUT2D eigenvalue weighted by atomic mass is 16.5. The number of hydrogen-bond donors (Lipinski definition) is 2. The molecule has 2 rings (SSSR count). The maximum Gasteiger partial charge on any atom is 0.310 e. The van der Waals surface area contributed by atoms with E-state index in [0.29, 0.717) is 11.8 Å². The molecule has 0 aliphatic rings. The van der Waals surface area contributed by atoms with Crippen LogP contribution < -0.4 is 9.47 Å². The Kier molecular flexibility index (Phi) is 6.55. The monoisotopic (exact) mass is 384 g/mol. The average molecular weight is 384 g/mol. The van der Waals surface area contributed by atoms with Gasteiger partial charge in [-0.3, -0.25) is 14.4 Å². The standard InChI is InChI=1S/C21H20O7/c1-12-9-16(23)19(18(10-12)27-3)20(24)14-5-4-6-17(15(14)11-22)28-8-7-13(2)21(25)26/h4-11,13,23H,1-3H3,(H,25,26). The van der Waals surface area contributed by atoms with Gasteiger partial charge >= 0.3 is 5.97 Å². The van der Waals surface area contributed by atoms with E-state index in [1.54, 1.807) is 13.0 Å². The third-order valence-corrected chi connectivity index (χ3v) is 4.05. The van der Waals surface area contributed by atoms with Crippen molar-refractivity contribution in [1.82, 2.24) is 0 Å². The molecule has 28 heavy (non-hydrogen) atoms. The molecule has 0 spiro atoms. The molecule has 0 fully saturated rings. The van der Waals surface area contributed by atoms with Crippen molar-refractivity contribution in [3.63, 3.8) is 0 Å². The van der Waals surface area contributed by atoms with E-state index < -0.39 is 17.7 Å². The molecular weight excluding hydrogens is 364 g/mol. The van der Waals surface area contributed by atoms with Crippen molar-refractivity contribution >= 4 is 18.0 Å². The number of aryl methyl sites for hydroxylation is 1. The molecule has 146 valence electrons. The largest absolute Gasteiger partial charge is 0.507 e. The number of aldehydes is 1. The number of ether oxygens (including phenoxy) is 2. The van der Waals surface area contributed by atoms with Crippen molar-refractivity contribution in [3.8, 4) is 17.2 Å². The Balaban J connectivity index is 2.46. The van der Waals surface area contributed by atoms with Crippen molar-refractivity contribution in [2.24, 2.45) is 5.92 Å². The number of phenols is 1. The number of ketones is 1. The molecule has 1 unspecified atom stereocenters. The zero-order valence-corrected chi connectivity index (χ0v) is 15.6. The average Bonchev–Trinajstić information content (AvgIpc) is 2.66. The number of rotatable bonds is 8. The van der Waals surface area contributed by atoms with Gasteiger partial charge in [0.15, 0.2) is 6.29 Å². The predicted molar refractivity (Wildman–Crippen MR) is 101 cm³/mol. The van der Waals surface area contributed by atoms with Crippen LogP contribution in [0.25, 0.3) is 0 Å². The van der Waals surface area contributed by atoms with Gasteiger partial charge in [0.1, 0.15) is 22.8 Å². The van der Waals surface area contributed by atoms with Crippen LogP contribution >= 0.6 is 0 Å². The Morgan fingerprint density at radius 2 is 1.89 bits per heavy atom. The lowest BCUT2D eigenvalue weighted by Gasteiger charge is -2.13. The molecule has 0 aliphatic carbocycles. The summed E-state index contributed by atoms with van der Waals surface area (Å²) in [6.07, 6.45) is 2.92. The van der Waals surface area contributed by atoms with E-state index >= 15 is 0 Å². The summed E-state index contributed by atoms with van der Waals surface area (Å²) in [7, 11) is 1.37. The maximum absolute atomic E-state index is 13.0. The summed E-state index contributed by atoms with van der Waals surface area (Å²) >= 11 is 0. The van der Waals surface area contributed by atoms with Gasteiger partial charge in [0, 0.05) is 5.56 Å². The number of carboxylic acids is 1. The van der Waals surface area contributed by atoms with Crippen LogP contribution in [0, 0.1) is 12.8 Å². The molecule has 7 nitrogen and oxygen atoms in total. The van der Waals surface area contributed by atoms with Gasteiger partial charge in [-0.25, -0.2) is 0 Å². The summed E-state index contributed by atoms with van der Waals surface area (Å²) in [5, 5.41) is 19.1. The number of benzene rings is 2. The molecule has 2 N–H and O–H groups in total. The van der Waals surface area contributed by atoms with Gasteiger partial charge in [0.25, 0.3) is 0 Å². The Morgan fingerprint density at radius 1 is 1.18 bits per heavy atom. The van der Waals surface area contributed by atoms with Gasteiger partial charge in [-0.15, -0.1) is 0 Å². The van der Waals surface area contributed by atoms with Gasteiger partial charge in [-0.2, -0.15) is 0 Å². The van der Waals surface area contributed by atoms with Crippen molar-refractivity contribution in [1.29, 1.82) is 0 Å². The molecule has 0 bridgehead atoms. The van der Waals surface area contributed by atoms with Crippen molar-refractivity contribution in [3.05, 3.63) is 64.9 Å². The molecule has 0 saturated carbocycles. The number of methoxy groups -OCH3 is 1. The molecule has 1 atom stereocenters. The molecular formula is C21H20O7.